The standard InChI is InChI=1S/C17H28N4O4S/c1-4-10-25-13-14-8-9-21(12-14)17(22)18-15-6-5-7-16(11-15)19-26(23,24)20(2)3/h5-7,11,14,19H,4,8-10,12-13H2,1-3H3,(H,18,22). The number of anilines is 2. The van der Waals surface area contributed by atoms with E-state index in [0.717, 1.165) is 23.8 Å². The quantitative estimate of drug-likeness (QED) is 0.672. The zero-order valence-corrected chi connectivity index (χ0v) is 16.4. The smallest absolute Gasteiger partial charge is 0.321 e. The van der Waals surface area contributed by atoms with Crippen LogP contribution in [0.5, 0.6) is 0 Å². The molecule has 26 heavy (non-hydrogen) atoms. The molecule has 2 rings (SSSR count). The van der Waals surface area contributed by atoms with Gasteiger partial charge in [-0.3, -0.25) is 4.72 Å². The molecule has 9 heteroatoms. The van der Waals surface area contributed by atoms with Gasteiger partial charge in [-0.25, -0.2) is 4.79 Å². The highest BCUT2D eigenvalue weighted by atomic mass is 32.2. The number of amides is 2. The SMILES string of the molecule is CCCOCC1CCN(C(=O)Nc2cccc(NS(=O)(=O)N(C)C)c2)C1. The Labute approximate surface area is 155 Å². The number of carbonyl (C=O) groups is 1. The molecule has 1 aliphatic heterocycles. The van der Waals surface area contributed by atoms with Gasteiger partial charge in [0.2, 0.25) is 0 Å². The Balaban J connectivity index is 1.91. The molecule has 146 valence electrons. The first kappa shape index (κ1) is 20.5. The van der Waals surface area contributed by atoms with Crippen molar-refractivity contribution in [3.05, 3.63) is 24.3 Å². The number of rotatable bonds is 8. The molecule has 2 amide bonds. The third kappa shape index (κ3) is 5.86. The van der Waals surface area contributed by atoms with Gasteiger partial charge in [-0.05, 0) is 31.0 Å². The number of ether oxygens (including phenoxy) is 1. The summed E-state index contributed by atoms with van der Waals surface area (Å²) in [4.78, 5) is 14.2. The third-order valence-corrected chi connectivity index (χ3v) is 5.57. The fraction of sp³-hybridized carbons (Fsp3) is 0.588. The van der Waals surface area contributed by atoms with Crippen molar-refractivity contribution in [2.45, 2.75) is 19.8 Å². The van der Waals surface area contributed by atoms with Crippen LogP contribution in [0.2, 0.25) is 0 Å². The van der Waals surface area contributed by atoms with Crippen molar-refractivity contribution in [1.82, 2.24) is 9.21 Å². The van der Waals surface area contributed by atoms with Gasteiger partial charge in [0.15, 0.2) is 0 Å². The maximum atomic E-state index is 12.4. The third-order valence-electron chi connectivity index (χ3n) is 4.12. The predicted octanol–water partition coefficient (Wildman–Crippen LogP) is 2.19. The molecule has 1 fully saturated rings. The van der Waals surface area contributed by atoms with Crippen molar-refractivity contribution in [1.29, 1.82) is 0 Å². The van der Waals surface area contributed by atoms with Gasteiger partial charge in [-0.2, -0.15) is 12.7 Å². The summed E-state index contributed by atoms with van der Waals surface area (Å²) in [5.41, 5.74) is 0.934. The fourth-order valence-electron chi connectivity index (χ4n) is 2.65. The van der Waals surface area contributed by atoms with Gasteiger partial charge in [0.05, 0.1) is 12.3 Å². The molecule has 1 unspecified atom stereocenters. The maximum Gasteiger partial charge on any atom is 0.321 e. The van der Waals surface area contributed by atoms with E-state index < -0.39 is 10.2 Å². The number of likely N-dealkylation sites (tertiary alicyclic amines) is 1. The van der Waals surface area contributed by atoms with Gasteiger partial charge in [-0.1, -0.05) is 13.0 Å². The minimum atomic E-state index is -3.58. The van der Waals surface area contributed by atoms with Crippen LogP contribution in [-0.2, 0) is 14.9 Å². The molecule has 1 aliphatic rings. The molecule has 0 radical (unpaired) electrons. The van der Waals surface area contributed by atoms with Gasteiger partial charge < -0.3 is 15.0 Å². The molecule has 1 aromatic rings. The second-order valence-electron chi connectivity index (χ2n) is 6.58. The summed E-state index contributed by atoms with van der Waals surface area (Å²) in [6.07, 6.45) is 1.92. The van der Waals surface area contributed by atoms with Crippen molar-refractivity contribution >= 4 is 27.6 Å². The highest BCUT2D eigenvalue weighted by molar-refractivity contribution is 7.90. The summed E-state index contributed by atoms with van der Waals surface area (Å²) in [7, 11) is -0.691. The molecule has 8 nitrogen and oxygen atoms in total. The molecule has 0 saturated carbocycles. The molecular formula is C17H28N4O4S. The van der Waals surface area contributed by atoms with Gasteiger partial charge in [0.1, 0.15) is 0 Å². The van der Waals surface area contributed by atoms with Gasteiger partial charge >= 0.3 is 16.2 Å². The normalized spacial score (nSPS) is 17.5. The van der Waals surface area contributed by atoms with Crippen LogP contribution in [0.4, 0.5) is 16.2 Å². The molecular weight excluding hydrogens is 356 g/mol. The highest BCUT2D eigenvalue weighted by Crippen LogP contribution is 2.20. The summed E-state index contributed by atoms with van der Waals surface area (Å²) in [5.74, 6) is 0.366. The number of nitrogens with zero attached hydrogens (tertiary/aromatic N) is 2. The number of benzene rings is 1. The zero-order valence-electron chi connectivity index (χ0n) is 15.6. The summed E-state index contributed by atoms with van der Waals surface area (Å²) in [5, 5.41) is 2.82. The van der Waals surface area contributed by atoms with E-state index in [2.05, 4.69) is 17.0 Å². The predicted molar refractivity (Wildman–Crippen MR) is 102 cm³/mol. The van der Waals surface area contributed by atoms with Crippen molar-refractivity contribution in [3.63, 3.8) is 0 Å². The van der Waals surface area contributed by atoms with E-state index in [-0.39, 0.29) is 6.03 Å². The molecule has 0 spiro atoms. The van der Waals surface area contributed by atoms with E-state index in [1.165, 1.54) is 14.1 Å². The van der Waals surface area contributed by atoms with Gasteiger partial charge in [0, 0.05) is 45.4 Å². The number of nitrogens with one attached hydrogen (secondary N) is 2. The van der Waals surface area contributed by atoms with Crippen molar-refractivity contribution in [3.8, 4) is 0 Å². The lowest BCUT2D eigenvalue weighted by Crippen LogP contribution is -2.33. The van der Waals surface area contributed by atoms with E-state index in [4.69, 9.17) is 4.74 Å². The maximum absolute atomic E-state index is 12.4. The Morgan fingerprint density at radius 1 is 1.35 bits per heavy atom. The first-order valence-corrected chi connectivity index (χ1v) is 10.2. The van der Waals surface area contributed by atoms with E-state index in [9.17, 15) is 13.2 Å². The number of hydrogen-bond donors (Lipinski definition) is 2. The largest absolute Gasteiger partial charge is 0.381 e. The molecule has 0 bridgehead atoms. The van der Waals surface area contributed by atoms with E-state index in [1.54, 1.807) is 29.2 Å². The lowest BCUT2D eigenvalue weighted by Gasteiger charge is -2.18. The van der Waals surface area contributed by atoms with E-state index >= 15 is 0 Å². The second kappa shape index (κ2) is 9.20. The lowest BCUT2D eigenvalue weighted by atomic mass is 10.1. The minimum Gasteiger partial charge on any atom is -0.381 e. The van der Waals surface area contributed by atoms with Crippen LogP contribution in [0.15, 0.2) is 24.3 Å². The van der Waals surface area contributed by atoms with Crippen LogP contribution < -0.4 is 10.0 Å². The lowest BCUT2D eigenvalue weighted by molar-refractivity contribution is 0.103. The highest BCUT2D eigenvalue weighted by Gasteiger charge is 2.26. The molecule has 1 saturated heterocycles. The van der Waals surface area contributed by atoms with Crippen LogP contribution in [-0.4, -0.2) is 64.1 Å². The zero-order chi connectivity index (χ0) is 19.2. The average molecular weight is 385 g/mol. The average Bonchev–Trinajstić information content (AvgIpc) is 3.04. The van der Waals surface area contributed by atoms with Crippen LogP contribution in [0.1, 0.15) is 19.8 Å². The molecule has 0 aliphatic carbocycles. The van der Waals surface area contributed by atoms with Crippen LogP contribution >= 0.6 is 0 Å². The molecule has 1 heterocycles. The Morgan fingerprint density at radius 3 is 2.77 bits per heavy atom. The van der Waals surface area contributed by atoms with Gasteiger partial charge in [-0.15, -0.1) is 0 Å². The number of carbonyl (C=O) groups excluding carboxylic acids is 1. The Kier molecular flexibility index (Phi) is 7.24. The van der Waals surface area contributed by atoms with E-state index in [1.807, 2.05) is 0 Å². The molecule has 2 N–H and O–H groups in total. The van der Waals surface area contributed by atoms with E-state index in [0.29, 0.717) is 37.0 Å². The fourth-order valence-corrected chi connectivity index (χ4v) is 3.26. The Morgan fingerprint density at radius 2 is 2.08 bits per heavy atom. The number of urea groups is 1. The van der Waals surface area contributed by atoms with Crippen LogP contribution in [0.25, 0.3) is 0 Å². The monoisotopic (exact) mass is 384 g/mol. The molecule has 1 atom stereocenters. The van der Waals surface area contributed by atoms with Crippen molar-refractivity contribution < 1.29 is 17.9 Å². The van der Waals surface area contributed by atoms with Gasteiger partial charge in [0.25, 0.3) is 0 Å². The molecule has 0 aromatic heterocycles. The topological polar surface area (TPSA) is 91.0 Å². The van der Waals surface area contributed by atoms with Crippen molar-refractivity contribution in [2.75, 3.05) is 50.4 Å². The first-order chi connectivity index (χ1) is 12.3. The van der Waals surface area contributed by atoms with Crippen LogP contribution in [0, 0.1) is 5.92 Å². The summed E-state index contributed by atoms with van der Waals surface area (Å²) < 4.78 is 32.9. The summed E-state index contributed by atoms with van der Waals surface area (Å²) in [6.45, 7) is 4.86. The first-order valence-electron chi connectivity index (χ1n) is 8.76. The molecule has 1 aromatic carbocycles. The summed E-state index contributed by atoms with van der Waals surface area (Å²) in [6, 6.07) is 6.46. The number of hydrogen-bond acceptors (Lipinski definition) is 4. The van der Waals surface area contributed by atoms with Crippen molar-refractivity contribution in [2.24, 2.45) is 5.92 Å². The second-order valence-corrected chi connectivity index (χ2v) is 8.46. The summed E-state index contributed by atoms with van der Waals surface area (Å²) >= 11 is 0. The Bertz CT molecular complexity index is 708. The minimum absolute atomic E-state index is 0.185. The van der Waals surface area contributed by atoms with Crippen LogP contribution in [0.3, 0.4) is 0 Å². The Hall–Kier alpha value is -1.84.